The largest absolute Gasteiger partial charge is 0.475 e. The molecular formula is C26H28N2O2. The van der Waals surface area contributed by atoms with Crippen LogP contribution < -0.4 is 4.74 Å². The van der Waals surface area contributed by atoms with Crippen molar-refractivity contribution in [3.05, 3.63) is 71.8 Å². The number of benzene rings is 3. The molecule has 0 radical (unpaired) electrons. The molecule has 5 rings (SSSR count). The van der Waals surface area contributed by atoms with Crippen LogP contribution in [0.4, 0.5) is 0 Å². The molecule has 0 amide bonds. The summed E-state index contributed by atoms with van der Waals surface area (Å²) >= 11 is 0. The molecular weight excluding hydrogens is 372 g/mol. The number of ether oxygens (including phenoxy) is 1. The Labute approximate surface area is 177 Å². The fraction of sp³-hybridized carbons (Fsp3) is 0.346. The molecule has 1 aliphatic heterocycles. The molecule has 0 N–H and O–H groups in total. The van der Waals surface area contributed by atoms with Gasteiger partial charge in [0.05, 0.1) is 12.0 Å². The van der Waals surface area contributed by atoms with E-state index in [1.54, 1.807) is 0 Å². The average molecular weight is 401 g/mol. The van der Waals surface area contributed by atoms with Gasteiger partial charge in [0.2, 0.25) is 0 Å². The number of nitrogens with zero attached hydrogens (tertiary/aromatic N) is 2. The second-order valence-corrected chi connectivity index (χ2v) is 8.53. The smallest absolute Gasteiger partial charge is 0.262 e. The van der Waals surface area contributed by atoms with Crippen molar-refractivity contribution in [3.8, 4) is 5.88 Å². The summed E-state index contributed by atoms with van der Waals surface area (Å²) in [5.41, 5.74) is 3.37. The lowest BCUT2D eigenvalue weighted by atomic mass is 9.93. The summed E-state index contributed by atoms with van der Waals surface area (Å²) in [6.07, 6.45) is 3.54. The van der Waals surface area contributed by atoms with E-state index >= 15 is 0 Å². The summed E-state index contributed by atoms with van der Waals surface area (Å²) in [5.74, 6) is 1.34. The van der Waals surface area contributed by atoms with Crippen molar-refractivity contribution in [1.29, 1.82) is 0 Å². The summed E-state index contributed by atoms with van der Waals surface area (Å²) in [7, 11) is 0. The van der Waals surface area contributed by atoms with Gasteiger partial charge in [0.15, 0.2) is 5.58 Å². The van der Waals surface area contributed by atoms with E-state index in [1.165, 1.54) is 34.7 Å². The maximum Gasteiger partial charge on any atom is 0.262 e. The Morgan fingerprint density at radius 1 is 1.00 bits per heavy atom. The lowest BCUT2D eigenvalue weighted by molar-refractivity contribution is 0.156. The Hall–Kier alpha value is -2.85. The van der Waals surface area contributed by atoms with Crippen molar-refractivity contribution < 1.29 is 9.26 Å². The van der Waals surface area contributed by atoms with Crippen LogP contribution in [0.2, 0.25) is 0 Å². The number of hydrogen-bond acceptors (Lipinski definition) is 4. The van der Waals surface area contributed by atoms with Gasteiger partial charge in [-0.05, 0) is 90.4 Å². The summed E-state index contributed by atoms with van der Waals surface area (Å²) < 4.78 is 11.3. The molecule has 30 heavy (non-hydrogen) atoms. The van der Waals surface area contributed by atoms with Crippen LogP contribution in [0, 0.1) is 12.8 Å². The summed E-state index contributed by atoms with van der Waals surface area (Å²) in [6.45, 7) is 6.10. The molecule has 0 saturated carbocycles. The molecule has 4 nitrogen and oxygen atoms in total. The van der Waals surface area contributed by atoms with Gasteiger partial charge in [0, 0.05) is 6.54 Å². The van der Waals surface area contributed by atoms with Crippen LogP contribution in [0.5, 0.6) is 5.88 Å². The van der Waals surface area contributed by atoms with Crippen LogP contribution in [0.1, 0.15) is 30.4 Å². The number of hydrogen-bond donors (Lipinski definition) is 0. The lowest BCUT2D eigenvalue weighted by Gasteiger charge is -2.32. The van der Waals surface area contributed by atoms with Crippen molar-refractivity contribution >= 4 is 21.7 Å². The van der Waals surface area contributed by atoms with Crippen LogP contribution in [-0.4, -0.2) is 29.8 Å². The van der Waals surface area contributed by atoms with Gasteiger partial charge in [0.1, 0.15) is 0 Å². The third kappa shape index (κ3) is 4.19. The molecule has 1 aliphatic rings. The highest BCUT2D eigenvalue weighted by Crippen LogP contribution is 2.27. The summed E-state index contributed by atoms with van der Waals surface area (Å²) in [4.78, 5) is 2.58. The zero-order valence-corrected chi connectivity index (χ0v) is 17.5. The second kappa shape index (κ2) is 8.49. The molecule has 3 aromatic carbocycles. The van der Waals surface area contributed by atoms with Gasteiger partial charge >= 0.3 is 0 Å². The Balaban J connectivity index is 1.10. The van der Waals surface area contributed by atoms with E-state index in [9.17, 15) is 0 Å². The Morgan fingerprint density at radius 2 is 1.83 bits per heavy atom. The molecule has 1 aromatic heterocycles. The molecule has 0 bridgehead atoms. The van der Waals surface area contributed by atoms with Gasteiger partial charge < -0.3 is 9.26 Å². The molecule has 0 unspecified atom stereocenters. The molecule has 0 aliphatic carbocycles. The zero-order valence-electron chi connectivity index (χ0n) is 17.5. The number of fused-ring (bicyclic) bond motifs is 2. The fourth-order valence-corrected chi connectivity index (χ4v) is 4.48. The molecule has 4 aromatic rings. The molecule has 1 fully saturated rings. The van der Waals surface area contributed by atoms with Crippen LogP contribution >= 0.6 is 0 Å². The zero-order chi connectivity index (χ0) is 20.3. The number of piperidine rings is 1. The maximum atomic E-state index is 5.95. The molecule has 1 saturated heterocycles. The van der Waals surface area contributed by atoms with E-state index in [1.807, 2.05) is 12.1 Å². The van der Waals surface area contributed by atoms with Gasteiger partial charge in [-0.25, -0.2) is 0 Å². The van der Waals surface area contributed by atoms with Crippen molar-refractivity contribution in [2.45, 2.75) is 32.7 Å². The number of aromatic nitrogens is 1. The Morgan fingerprint density at radius 3 is 2.70 bits per heavy atom. The van der Waals surface area contributed by atoms with E-state index in [2.05, 4.69) is 65.5 Å². The molecule has 0 spiro atoms. The minimum Gasteiger partial charge on any atom is -0.475 e. The quantitative estimate of drug-likeness (QED) is 0.400. The molecule has 154 valence electrons. The first-order valence-electron chi connectivity index (χ1n) is 10.9. The maximum absolute atomic E-state index is 5.95. The monoisotopic (exact) mass is 400 g/mol. The molecule has 4 heteroatoms. The SMILES string of the molecule is Cc1ccc2c(OCCC3CCN(Cc4ccc5ccccc5c4)CC3)noc2c1. The third-order valence-corrected chi connectivity index (χ3v) is 6.29. The summed E-state index contributed by atoms with van der Waals surface area (Å²) in [5, 5.41) is 7.70. The first-order chi connectivity index (χ1) is 14.7. The standard InChI is InChI=1S/C26H28N2O2/c1-19-6-9-24-25(16-19)30-27-26(24)29-15-12-20-10-13-28(14-11-20)18-21-7-8-22-4-2-3-5-23(22)17-21/h2-9,16-17,20H,10-15,18H2,1H3. The first kappa shape index (κ1) is 19.1. The van der Waals surface area contributed by atoms with Crippen LogP contribution in [-0.2, 0) is 6.54 Å². The highest BCUT2D eigenvalue weighted by molar-refractivity contribution is 5.83. The third-order valence-electron chi connectivity index (χ3n) is 6.29. The molecule has 0 atom stereocenters. The van der Waals surface area contributed by atoms with E-state index in [-0.39, 0.29) is 0 Å². The van der Waals surface area contributed by atoms with E-state index < -0.39 is 0 Å². The van der Waals surface area contributed by atoms with Gasteiger partial charge in [-0.1, -0.05) is 42.5 Å². The number of rotatable bonds is 6. The van der Waals surface area contributed by atoms with Crippen molar-refractivity contribution in [3.63, 3.8) is 0 Å². The minimum absolute atomic E-state index is 0.624. The number of aryl methyl sites for hydroxylation is 1. The van der Waals surface area contributed by atoms with Crippen LogP contribution in [0.15, 0.2) is 65.2 Å². The fourth-order valence-electron chi connectivity index (χ4n) is 4.48. The van der Waals surface area contributed by atoms with Crippen molar-refractivity contribution in [2.75, 3.05) is 19.7 Å². The molecule has 2 heterocycles. The number of likely N-dealkylation sites (tertiary alicyclic amines) is 1. The van der Waals surface area contributed by atoms with E-state index in [0.717, 1.165) is 42.9 Å². The van der Waals surface area contributed by atoms with Crippen molar-refractivity contribution in [1.82, 2.24) is 10.1 Å². The van der Waals surface area contributed by atoms with Crippen LogP contribution in [0.3, 0.4) is 0 Å². The Bertz CT molecular complexity index is 1140. The lowest BCUT2D eigenvalue weighted by Crippen LogP contribution is -2.33. The van der Waals surface area contributed by atoms with Gasteiger partial charge in [-0.3, -0.25) is 4.90 Å². The normalized spacial score (nSPS) is 15.8. The average Bonchev–Trinajstić information content (AvgIpc) is 3.17. The highest BCUT2D eigenvalue weighted by Gasteiger charge is 2.20. The van der Waals surface area contributed by atoms with Gasteiger partial charge in [-0.15, -0.1) is 0 Å². The first-order valence-corrected chi connectivity index (χ1v) is 10.9. The topological polar surface area (TPSA) is 38.5 Å². The highest BCUT2D eigenvalue weighted by atomic mass is 16.5. The van der Waals surface area contributed by atoms with Gasteiger partial charge in [0.25, 0.3) is 5.88 Å². The predicted molar refractivity (Wildman–Crippen MR) is 121 cm³/mol. The van der Waals surface area contributed by atoms with E-state index in [0.29, 0.717) is 12.5 Å². The second-order valence-electron chi connectivity index (χ2n) is 8.53. The van der Waals surface area contributed by atoms with Crippen LogP contribution in [0.25, 0.3) is 21.7 Å². The Kier molecular flexibility index (Phi) is 5.41. The van der Waals surface area contributed by atoms with Gasteiger partial charge in [-0.2, -0.15) is 0 Å². The van der Waals surface area contributed by atoms with Crippen molar-refractivity contribution in [2.24, 2.45) is 5.92 Å². The minimum atomic E-state index is 0.624. The predicted octanol–water partition coefficient (Wildman–Crippen LogP) is 5.97. The summed E-state index contributed by atoms with van der Waals surface area (Å²) in [6, 6.07) is 21.5. The van der Waals surface area contributed by atoms with E-state index in [4.69, 9.17) is 9.26 Å².